The number of rotatable bonds is 5. The fourth-order valence-electron chi connectivity index (χ4n) is 10.0. The normalized spacial score (nSPS) is 52.8. The van der Waals surface area contributed by atoms with E-state index in [1.807, 2.05) is 0 Å². The molecule has 1 heteroatoms. The van der Waals surface area contributed by atoms with E-state index in [1.165, 1.54) is 64.2 Å². The van der Waals surface area contributed by atoms with E-state index < -0.39 is 0 Å². The van der Waals surface area contributed by atoms with E-state index in [4.69, 9.17) is 0 Å². The Balaban J connectivity index is 1.35. The molecule has 5 fully saturated rings. The van der Waals surface area contributed by atoms with Crippen LogP contribution in [0.2, 0.25) is 0 Å². The monoisotopic (exact) mass is 384 g/mol. The highest BCUT2D eigenvalue weighted by Gasteiger charge is 2.77. The first-order chi connectivity index (χ1) is 13.2. The lowest BCUT2D eigenvalue weighted by Crippen LogP contribution is -2.55. The molecule has 0 aromatic carbocycles. The highest BCUT2D eigenvalue weighted by Crippen LogP contribution is 2.80. The van der Waals surface area contributed by atoms with Gasteiger partial charge in [0.15, 0.2) is 0 Å². The molecule has 0 bridgehead atoms. The first kappa shape index (κ1) is 19.6. The van der Waals surface area contributed by atoms with Gasteiger partial charge < -0.3 is 0 Å². The number of hydrogen-bond acceptors (Lipinski definition) is 1. The van der Waals surface area contributed by atoms with Crippen LogP contribution in [0.3, 0.4) is 0 Å². The zero-order valence-electron chi connectivity index (χ0n) is 19.2. The summed E-state index contributed by atoms with van der Waals surface area (Å²) in [5.41, 5.74) is 1.03. The number of ketones is 1. The van der Waals surface area contributed by atoms with Crippen LogP contribution in [0.1, 0.15) is 105 Å². The van der Waals surface area contributed by atoms with Gasteiger partial charge in [0.25, 0.3) is 0 Å². The van der Waals surface area contributed by atoms with Crippen molar-refractivity contribution in [1.82, 2.24) is 0 Å². The molecule has 9 atom stereocenters. The Labute approximate surface area is 173 Å². The summed E-state index contributed by atoms with van der Waals surface area (Å²) >= 11 is 0. The Kier molecular flexibility index (Phi) is 4.44. The van der Waals surface area contributed by atoms with E-state index in [2.05, 4.69) is 34.6 Å². The SMILES string of the molecule is CC(C)CCC[C@@H](C)[C@H]1CC[C@H]2[C@@H]3CC(=O)[C@]45C[C@H]4CC[C@]5(C)[C@H]3CC[C@]12C. The van der Waals surface area contributed by atoms with Crippen molar-refractivity contribution in [3.8, 4) is 0 Å². The Morgan fingerprint density at radius 2 is 1.75 bits per heavy atom. The van der Waals surface area contributed by atoms with Crippen molar-refractivity contribution >= 4 is 5.78 Å². The molecular formula is C27H44O. The summed E-state index contributed by atoms with van der Waals surface area (Å²) in [6.07, 6.45) is 14.8. The van der Waals surface area contributed by atoms with Crippen molar-refractivity contribution in [1.29, 1.82) is 0 Å². The number of carbonyl (C=O) groups excluding carboxylic acids is 1. The molecule has 0 radical (unpaired) electrons. The molecule has 0 saturated heterocycles. The molecule has 0 N–H and O–H groups in total. The van der Waals surface area contributed by atoms with Gasteiger partial charge in [0.1, 0.15) is 5.78 Å². The number of Topliss-reactive ketones (excluding diaryl/α,β-unsaturated/α-hetero) is 1. The van der Waals surface area contributed by atoms with E-state index in [1.54, 1.807) is 0 Å². The van der Waals surface area contributed by atoms with Gasteiger partial charge in [-0.15, -0.1) is 0 Å². The molecule has 0 aliphatic heterocycles. The molecule has 0 aromatic rings. The third kappa shape index (κ3) is 2.40. The highest BCUT2D eigenvalue weighted by atomic mass is 16.1. The maximum absolute atomic E-state index is 13.4. The number of fused-ring (bicyclic) bond motifs is 4. The van der Waals surface area contributed by atoms with Crippen molar-refractivity contribution in [2.75, 3.05) is 0 Å². The van der Waals surface area contributed by atoms with Crippen molar-refractivity contribution in [3.63, 3.8) is 0 Å². The zero-order chi connectivity index (χ0) is 19.9. The average Bonchev–Trinajstić information content (AvgIpc) is 3.15. The summed E-state index contributed by atoms with van der Waals surface area (Å²) in [4.78, 5) is 13.4. The van der Waals surface area contributed by atoms with E-state index in [9.17, 15) is 4.79 Å². The van der Waals surface area contributed by atoms with Crippen molar-refractivity contribution in [2.24, 2.45) is 57.7 Å². The van der Waals surface area contributed by atoms with E-state index in [-0.39, 0.29) is 5.41 Å². The Morgan fingerprint density at radius 1 is 0.964 bits per heavy atom. The van der Waals surface area contributed by atoms with Crippen LogP contribution in [0.4, 0.5) is 0 Å². The van der Waals surface area contributed by atoms with E-state index in [0.29, 0.717) is 22.5 Å². The second-order valence-corrected chi connectivity index (χ2v) is 12.9. The number of carbonyl (C=O) groups is 1. The zero-order valence-corrected chi connectivity index (χ0v) is 19.2. The molecular weight excluding hydrogens is 340 g/mol. The van der Waals surface area contributed by atoms with Gasteiger partial charge in [0, 0.05) is 11.8 Å². The maximum atomic E-state index is 13.4. The molecule has 0 amide bonds. The molecule has 0 aromatic heterocycles. The second-order valence-electron chi connectivity index (χ2n) is 12.9. The van der Waals surface area contributed by atoms with Crippen LogP contribution in [0.25, 0.3) is 0 Å². The lowest BCUT2D eigenvalue weighted by molar-refractivity contribution is -0.151. The topological polar surface area (TPSA) is 17.1 Å². The van der Waals surface area contributed by atoms with Gasteiger partial charge in [-0.1, -0.05) is 53.9 Å². The van der Waals surface area contributed by atoms with E-state index >= 15 is 0 Å². The smallest absolute Gasteiger partial charge is 0.140 e. The van der Waals surface area contributed by atoms with Gasteiger partial charge in [-0.3, -0.25) is 4.79 Å². The quantitative estimate of drug-likeness (QED) is 0.486. The minimum atomic E-state index is 0.157. The molecule has 1 nitrogen and oxygen atoms in total. The standard InChI is InChI=1S/C27H44O/c1-17(2)7-6-8-18(3)21-9-10-22-20-15-24(28)27-16-19(27)11-14-26(27,5)23(20)12-13-25(21,22)4/h17-23H,6-16H2,1-5H3/t18-,19-,20+,21-,22+,23+,25-,26-,27+/m1/s1. The summed E-state index contributed by atoms with van der Waals surface area (Å²) in [5, 5.41) is 0. The van der Waals surface area contributed by atoms with Crippen molar-refractivity contribution in [3.05, 3.63) is 0 Å². The van der Waals surface area contributed by atoms with Crippen LogP contribution < -0.4 is 0 Å². The molecule has 158 valence electrons. The van der Waals surface area contributed by atoms with Crippen molar-refractivity contribution in [2.45, 2.75) is 105 Å². The highest BCUT2D eigenvalue weighted by molar-refractivity contribution is 5.91. The summed E-state index contributed by atoms with van der Waals surface area (Å²) in [6, 6.07) is 0. The minimum absolute atomic E-state index is 0.157. The summed E-state index contributed by atoms with van der Waals surface area (Å²) in [6.45, 7) is 12.5. The predicted molar refractivity (Wildman–Crippen MR) is 116 cm³/mol. The van der Waals surface area contributed by atoms with Crippen LogP contribution in [-0.4, -0.2) is 5.78 Å². The molecule has 5 saturated carbocycles. The lowest BCUT2D eigenvalue weighted by Gasteiger charge is -2.58. The van der Waals surface area contributed by atoms with Crippen LogP contribution >= 0.6 is 0 Å². The molecule has 1 spiro atoms. The van der Waals surface area contributed by atoms with Gasteiger partial charge in [0.2, 0.25) is 0 Å². The van der Waals surface area contributed by atoms with Gasteiger partial charge in [0.05, 0.1) is 0 Å². The Bertz CT molecular complexity index is 651. The summed E-state index contributed by atoms with van der Waals surface area (Å²) < 4.78 is 0. The van der Waals surface area contributed by atoms with Crippen LogP contribution in [-0.2, 0) is 4.79 Å². The fourth-order valence-corrected chi connectivity index (χ4v) is 10.0. The largest absolute Gasteiger partial charge is 0.299 e. The molecule has 28 heavy (non-hydrogen) atoms. The van der Waals surface area contributed by atoms with Gasteiger partial charge in [-0.25, -0.2) is 0 Å². The van der Waals surface area contributed by atoms with Crippen LogP contribution in [0, 0.1) is 57.7 Å². The molecule has 0 heterocycles. The second kappa shape index (κ2) is 6.34. The third-order valence-corrected chi connectivity index (χ3v) is 11.5. The molecule has 5 rings (SSSR count). The first-order valence-corrected chi connectivity index (χ1v) is 12.8. The van der Waals surface area contributed by atoms with Gasteiger partial charge >= 0.3 is 0 Å². The van der Waals surface area contributed by atoms with E-state index in [0.717, 1.165) is 41.9 Å². The van der Waals surface area contributed by atoms with Crippen LogP contribution in [0.15, 0.2) is 0 Å². The summed E-state index contributed by atoms with van der Waals surface area (Å²) in [7, 11) is 0. The van der Waals surface area contributed by atoms with Crippen LogP contribution in [0.5, 0.6) is 0 Å². The maximum Gasteiger partial charge on any atom is 0.140 e. The molecule has 5 aliphatic carbocycles. The Hall–Kier alpha value is -0.330. The minimum Gasteiger partial charge on any atom is -0.299 e. The average molecular weight is 385 g/mol. The van der Waals surface area contributed by atoms with Crippen molar-refractivity contribution < 1.29 is 4.79 Å². The Morgan fingerprint density at radius 3 is 2.46 bits per heavy atom. The third-order valence-electron chi connectivity index (χ3n) is 11.5. The van der Waals surface area contributed by atoms with Gasteiger partial charge in [-0.2, -0.15) is 0 Å². The first-order valence-electron chi connectivity index (χ1n) is 12.8. The fraction of sp³-hybridized carbons (Fsp3) is 0.963. The molecule has 5 aliphatic rings. The summed E-state index contributed by atoms with van der Waals surface area (Å²) in [5.74, 6) is 6.49. The number of hydrogen-bond donors (Lipinski definition) is 0. The predicted octanol–water partition coefficient (Wildman–Crippen LogP) is 7.29. The van der Waals surface area contributed by atoms with Gasteiger partial charge in [-0.05, 0) is 97.2 Å². The molecule has 0 unspecified atom stereocenters. The lowest BCUT2D eigenvalue weighted by atomic mass is 9.45.